The van der Waals surface area contributed by atoms with Gasteiger partial charge in [0.05, 0.1) is 18.4 Å². The van der Waals surface area contributed by atoms with Crippen LogP contribution in [0.15, 0.2) is 42.5 Å². The number of alkyl halides is 3. The van der Waals surface area contributed by atoms with Crippen LogP contribution < -0.4 is 5.32 Å². The van der Waals surface area contributed by atoms with Crippen molar-refractivity contribution in [2.75, 3.05) is 26.0 Å². The van der Waals surface area contributed by atoms with E-state index in [2.05, 4.69) is 5.32 Å². The third kappa shape index (κ3) is 6.78. The van der Waals surface area contributed by atoms with Gasteiger partial charge in [0.15, 0.2) is 0 Å². The van der Waals surface area contributed by atoms with E-state index >= 15 is 0 Å². The molecule has 0 atom stereocenters. The molecule has 0 spiro atoms. The topological polar surface area (TPSA) is 55.4 Å². The van der Waals surface area contributed by atoms with Gasteiger partial charge in [0, 0.05) is 20.5 Å². The summed E-state index contributed by atoms with van der Waals surface area (Å²) in [6.07, 6.45) is -0.678. The second-order valence-electron chi connectivity index (χ2n) is 7.67. The maximum Gasteiger partial charge on any atom is 0.416 e. The lowest BCUT2D eigenvalue weighted by atomic mass is 9.99. The third-order valence-electron chi connectivity index (χ3n) is 5.05. The highest BCUT2D eigenvalue weighted by Crippen LogP contribution is 2.40. The van der Waals surface area contributed by atoms with Gasteiger partial charge in [0.25, 0.3) is 10.1 Å². The Morgan fingerprint density at radius 1 is 1.09 bits per heavy atom. The van der Waals surface area contributed by atoms with Crippen LogP contribution in [0.1, 0.15) is 28.8 Å². The van der Waals surface area contributed by atoms with Crippen LogP contribution in [0.4, 0.5) is 13.2 Å². The zero-order chi connectivity index (χ0) is 23.4. The molecule has 0 saturated carbocycles. The molecule has 2 heterocycles. The van der Waals surface area contributed by atoms with Crippen molar-refractivity contribution >= 4 is 31.5 Å². The molecule has 1 aliphatic heterocycles. The van der Waals surface area contributed by atoms with Crippen molar-refractivity contribution in [3.63, 3.8) is 0 Å². The van der Waals surface area contributed by atoms with Gasteiger partial charge in [-0.1, -0.05) is 24.3 Å². The van der Waals surface area contributed by atoms with Crippen molar-refractivity contribution in [1.29, 1.82) is 0 Å². The Balaban J connectivity index is 0.000000650. The Kier molecular flexibility index (Phi) is 7.97. The van der Waals surface area contributed by atoms with Gasteiger partial charge in [0.2, 0.25) is 0 Å². The summed E-state index contributed by atoms with van der Waals surface area (Å²) in [5.41, 5.74) is 2.10. The van der Waals surface area contributed by atoms with E-state index in [1.807, 2.05) is 25.1 Å². The number of hydrogen-bond donors (Lipinski definition) is 1. The molecule has 32 heavy (non-hydrogen) atoms. The molecule has 9 heteroatoms. The van der Waals surface area contributed by atoms with E-state index in [1.54, 1.807) is 11.3 Å². The predicted octanol–water partition coefficient (Wildman–Crippen LogP) is 5.78. The van der Waals surface area contributed by atoms with Gasteiger partial charge < -0.3 is 5.32 Å². The number of nitrogens with one attached hydrogen (secondary N) is 1. The Labute approximate surface area is 190 Å². The average Bonchev–Trinajstić information content (AvgIpc) is 2.97. The first kappa shape index (κ1) is 24.7. The van der Waals surface area contributed by atoms with E-state index in [9.17, 15) is 21.6 Å². The van der Waals surface area contributed by atoms with Crippen LogP contribution >= 0.6 is 11.3 Å². The van der Waals surface area contributed by atoms with Crippen LogP contribution in [0.2, 0.25) is 0 Å². The smallest absolute Gasteiger partial charge is 0.317 e. The summed E-state index contributed by atoms with van der Waals surface area (Å²) < 4.78 is 66.1. The van der Waals surface area contributed by atoms with Gasteiger partial charge in [-0.25, -0.2) is 0 Å². The standard InChI is InChI=1S/C20H19F3O3S2.C3H7N/c1-13-19(15-6-8-16(9-7-15)20(21,22)23)17-10-5-14(12-18(17)27-13)4-3-11-26-28(2,24)25;1-2-4-3-1/h5-10,12H,3-4,11H2,1-2H3;4H,1-3H2. The van der Waals surface area contributed by atoms with Crippen molar-refractivity contribution in [1.82, 2.24) is 5.32 Å². The average molecular weight is 486 g/mol. The summed E-state index contributed by atoms with van der Waals surface area (Å²) >= 11 is 1.59. The lowest BCUT2D eigenvalue weighted by Gasteiger charge is -2.09. The molecule has 3 aromatic rings. The second-order valence-corrected chi connectivity index (χ2v) is 10.6. The fourth-order valence-electron chi connectivity index (χ4n) is 3.27. The van der Waals surface area contributed by atoms with Crippen molar-refractivity contribution < 1.29 is 25.8 Å². The molecule has 1 aromatic heterocycles. The lowest BCUT2D eigenvalue weighted by Crippen LogP contribution is -2.29. The van der Waals surface area contributed by atoms with Gasteiger partial charge in [-0.05, 0) is 68.6 Å². The van der Waals surface area contributed by atoms with Crippen molar-refractivity contribution in [2.24, 2.45) is 0 Å². The Morgan fingerprint density at radius 3 is 2.25 bits per heavy atom. The van der Waals surface area contributed by atoms with Gasteiger partial charge in [0.1, 0.15) is 0 Å². The van der Waals surface area contributed by atoms with Gasteiger partial charge in [-0.2, -0.15) is 21.6 Å². The van der Waals surface area contributed by atoms with Crippen molar-refractivity contribution in [3.05, 3.63) is 58.5 Å². The molecule has 1 aliphatic rings. The molecule has 4 rings (SSSR count). The van der Waals surface area contributed by atoms with Crippen LogP contribution in [0.25, 0.3) is 21.2 Å². The molecule has 0 unspecified atom stereocenters. The molecule has 1 saturated heterocycles. The van der Waals surface area contributed by atoms with E-state index in [0.717, 1.165) is 50.0 Å². The predicted molar refractivity (Wildman–Crippen MR) is 124 cm³/mol. The van der Waals surface area contributed by atoms with Crippen LogP contribution in [0.5, 0.6) is 0 Å². The molecule has 0 radical (unpaired) electrons. The normalized spacial score (nSPS) is 14.0. The first-order valence-corrected chi connectivity index (χ1v) is 12.9. The molecule has 0 bridgehead atoms. The summed E-state index contributed by atoms with van der Waals surface area (Å²) in [7, 11) is -3.43. The summed E-state index contributed by atoms with van der Waals surface area (Å²) in [4.78, 5) is 1.03. The van der Waals surface area contributed by atoms with Gasteiger partial charge >= 0.3 is 6.18 Å². The number of aryl methyl sites for hydroxylation is 2. The highest BCUT2D eigenvalue weighted by Gasteiger charge is 2.30. The minimum atomic E-state index is -4.35. The first-order chi connectivity index (χ1) is 15.0. The summed E-state index contributed by atoms with van der Waals surface area (Å²) in [6.45, 7) is 4.59. The van der Waals surface area contributed by atoms with Crippen LogP contribution in [-0.2, 0) is 26.9 Å². The zero-order valence-corrected chi connectivity index (χ0v) is 19.6. The summed E-state index contributed by atoms with van der Waals surface area (Å²) in [6, 6.07) is 11.2. The van der Waals surface area contributed by atoms with E-state index in [-0.39, 0.29) is 6.61 Å². The number of benzene rings is 2. The molecular formula is C23H26F3NO3S2. The maximum absolute atomic E-state index is 12.8. The molecular weight excluding hydrogens is 459 g/mol. The van der Waals surface area contributed by atoms with E-state index in [0.29, 0.717) is 12.8 Å². The maximum atomic E-state index is 12.8. The van der Waals surface area contributed by atoms with Crippen LogP contribution in [0.3, 0.4) is 0 Å². The monoisotopic (exact) mass is 485 g/mol. The quantitative estimate of drug-likeness (QED) is 0.355. The summed E-state index contributed by atoms with van der Waals surface area (Å²) in [5.74, 6) is 0. The minimum Gasteiger partial charge on any atom is -0.317 e. The van der Waals surface area contributed by atoms with Crippen LogP contribution in [0, 0.1) is 6.92 Å². The third-order valence-corrected chi connectivity index (χ3v) is 6.71. The molecule has 174 valence electrons. The van der Waals surface area contributed by atoms with E-state index in [4.69, 9.17) is 4.18 Å². The highest BCUT2D eigenvalue weighted by molar-refractivity contribution is 7.85. The fraction of sp³-hybridized carbons (Fsp3) is 0.391. The lowest BCUT2D eigenvalue weighted by molar-refractivity contribution is -0.137. The SMILES string of the molecule is C1CNC1.Cc1sc2cc(CCCOS(C)(=O)=O)ccc2c1-c1ccc(C(F)(F)F)cc1. The van der Waals surface area contributed by atoms with E-state index < -0.39 is 21.9 Å². The second kappa shape index (κ2) is 10.3. The van der Waals surface area contributed by atoms with E-state index in [1.165, 1.54) is 31.6 Å². The Bertz CT molecular complexity index is 1150. The molecule has 2 aromatic carbocycles. The van der Waals surface area contributed by atoms with Crippen LogP contribution in [-0.4, -0.2) is 34.4 Å². The fourth-order valence-corrected chi connectivity index (χ4v) is 4.84. The first-order valence-electron chi connectivity index (χ1n) is 10.3. The molecule has 1 fully saturated rings. The molecule has 0 amide bonds. The van der Waals surface area contributed by atoms with Gasteiger partial charge in [-0.3, -0.25) is 4.18 Å². The molecule has 1 N–H and O–H groups in total. The Morgan fingerprint density at radius 2 is 1.72 bits per heavy atom. The largest absolute Gasteiger partial charge is 0.416 e. The van der Waals surface area contributed by atoms with Gasteiger partial charge in [-0.15, -0.1) is 11.3 Å². The highest BCUT2D eigenvalue weighted by atomic mass is 32.2. The number of rotatable bonds is 6. The zero-order valence-electron chi connectivity index (χ0n) is 18.0. The van der Waals surface area contributed by atoms with Crippen molar-refractivity contribution in [2.45, 2.75) is 32.4 Å². The summed E-state index contributed by atoms with van der Waals surface area (Å²) in [5, 5.41) is 4.11. The molecule has 4 nitrogen and oxygen atoms in total. The number of thiophene rings is 1. The number of hydrogen-bond acceptors (Lipinski definition) is 5. The molecule has 0 aliphatic carbocycles. The van der Waals surface area contributed by atoms with Crippen molar-refractivity contribution in [3.8, 4) is 11.1 Å². The Hall–Kier alpha value is -1.94. The number of fused-ring (bicyclic) bond motifs is 1. The number of halogens is 3. The minimum absolute atomic E-state index is 0.136.